The number of pyridine rings is 3. The van der Waals surface area contributed by atoms with Gasteiger partial charge < -0.3 is 43.1 Å². The van der Waals surface area contributed by atoms with Crippen LogP contribution in [0, 0.1) is 19.8 Å². The summed E-state index contributed by atoms with van der Waals surface area (Å²) in [5.41, 5.74) is 11.6. The standard InChI is InChI=1S/C21H23ClN2O3.C21H21ClN2O3.C14H17NO3.C7H3ClF3NO/c2*1-13-7-16(21(22)23-12-13)9-15-8-14-10-18(24-3-5-27-6-4-24)19(26-2)11-17(14)20(15)25;1-17-14-9-11-10(2-3-13(11)16)8-12(14)15-4-6-18-7-5-15;8-6-1-4(3-13)5(2-12-6)7(9,10)11/h7,10-12,15H,3-6,8-9H2,1-2H3;7,9-12H,3-6,8H2,1-2H3;8-9H,2-7H2,1H3;1-3H/b;15-9+;;. The largest absolute Gasteiger partial charge is 0.495 e. The number of methoxy groups -OCH3 is 3. The molecule has 3 aliphatic heterocycles. The van der Waals surface area contributed by atoms with Gasteiger partial charge in [-0.05, 0) is 121 Å². The number of allylic oxidation sites excluding steroid dienone is 1. The first-order valence-electron chi connectivity index (χ1n) is 27.7. The SMILES string of the molecule is COc1cc2c(cc1N1CCOCC1)C/C(=C\c1cc(C)cnc1Cl)C2=O.COc1cc2c(cc1N1CCOCC1)CC(Cc1cc(C)cnc1Cl)C2=O.COc1cc2c(cc1N1CCOCC1)CCC2=O.O=Cc1cc(Cl)ncc1C(F)(F)F. The van der Waals surface area contributed by atoms with Gasteiger partial charge in [0, 0.05) is 110 Å². The summed E-state index contributed by atoms with van der Waals surface area (Å²) in [7, 11) is 4.95. The zero-order chi connectivity index (χ0) is 60.5. The second kappa shape index (κ2) is 27.9. The summed E-state index contributed by atoms with van der Waals surface area (Å²) in [6.07, 6.45) is 4.77. The highest BCUT2D eigenvalue weighted by atomic mass is 35.5. The number of ether oxygens (including phenoxy) is 6. The van der Waals surface area contributed by atoms with E-state index in [0.29, 0.717) is 67.8 Å². The Morgan fingerprint density at radius 1 is 0.600 bits per heavy atom. The summed E-state index contributed by atoms with van der Waals surface area (Å²) in [6.45, 7) is 13.3. The third-order valence-corrected chi connectivity index (χ3v) is 16.3. The van der Waals surface area contributed by atoms with Crippen molar-refractivity contribution in [2.24, 2.45) is 5.92 Å². The number of halogens is 6. The van der Waals surface area contributed by atoms with Crippen LogP contribution in [-0.2, 0) is 46.1 Å². The minimum absolute atomic E-state index is 0.0226. The molecule has 0 N–H and O–H groups in total. The van der Waals surface area contributed by atoms with E-state index in [4.69, 9.17) is 63.2 Å². The van der Waals surface area contributed by atoms with Gasteiger partial charge in [-0.3, -0.25) is 19.2 Å². The second-order valence-electron chi connectivity index (χ2n) is 21.0. The first-order chi connectivity index (χ1) is 40.9. The first-order valence-corrected chi connectivity index (χ1v) is 28.9. The number of anilines is 3. The van der Waals surface area contributed by atoms with Crippen molar-refractivity contribution in [1.82, 2.24) is 15.0 Å². The van der Waals surface area contributed by atoms with E-state index in [0.717, 1.165) is 161 Å². The fourth-order valence-corrected chi connectivity index (χ4v) is 11.6. The summed E-state index contributed by atoms with van der Waals surface area (Å²) in [5, 5.41) is 0.745. The number of aldehydes is 1. The van der Waals surface area contributed by atoms with Crippen molar-refractivity contribution in [1.29, 1.82) is 0 Å². The predicted molar refractivity (Wildman–Crippen MR) is 320 cm³/mol. The van der Waals surface area contributed by atoms with Crippen LogP contribution in [-0.4, -0.2) is 139 Å². The molecule has 3 aliphatic carbocycles. The van der Waals surface area contributed by atoms with Crippen molar-refractivity contribution in [2.45, 2.75) is 52.1 Å². The number of ketones is 3. The molecule has 1 atom stereocenters. The fraction of sp³-hybridized carbons (Fsp3) is 0.381. The summed E-state index contributed by atoms with van der Waals surface area (Å²) < 4.78 is 69.2. The molecule has 22 heteroatoms. The number of benzene rings is 3. The van der Waals surface area contributed by atoms with Gasteiger partial charge in [0.05, 0.1) is 83.6 Å². The van der Waals surface area contributed by atoms with Crippen molar-refractivity contribution < 1.29 is 60.8 Å². The smallest absolute Gasteiger partial charge is 0.418 e. The average Bonchev–Trinajstić information content (AvgIpc) is 3.26. The van der Waals surface area contributed by atoms with Crippen LogP contribution in [0.15, 0.2) is 78.8 Å². The number of carbonyl (C=O) groups excluding carboxylic acids is 4. The molecule has 3 saturated heterocycles. The number of Topliss-reactive ketones (excluding diaryl/α,β-unsaturated/α-hetero) is 3. The Morgan fingerprint density at radius 3 is 1.65 bits per heavy atom. The van der Waals surface area contributed by atoms with Gasteiger partial charge in [0.1, 0.15) is 32.7 Å². The number of rotatable bonds is 10. The molecule has 0 saturated carbocycles. The van der Waals surface area contributed by atoms with E-state index in [-0.39, 0.29) is 34.7 Å². The Morgan fingerprint density at radius 2 is 1.11 bits per heavy atom. The number of aromatic nitrogens is 3. The number of morpholine rings is 3. The Balaban J connectivity index is 0.000000141. The molecule has 6 heterocycles. The summed E-state index contributed by atoms with van der Waals surface area (Å²) in [5.74, 6) is 2.58. The number of alkyl halides is 3. The van der Waals surface area contributed by atoms with Crippen LogP contribution in [0.2, 0.25) is 15.5 Å². The van der Waals surface area contributed by atoms with Gasteiger partial charge in [0.2, 0.25) is 0 Å². The molecular formula is C63H64Cl3F3N6O10. The molecule has 16 nitrogen and oxygen atoms in total. The lowest BCUT2D eigenvalue weighted by Gasteiger charge is -2.30. The monoisotopic (exact) mass is 1230 g/mol. The lowest BCUT2D eigenvalue weighted by molar-refractivity contribution is -0.138. The molecule has 3 aromatic heterocycles. The van der Waals surface area contributed by atoms with Crippen molar-refractivity contribution in [2.75, 3.05) is 115 Å². The number of nitrogens with zero attached hydrogens (tertiary/aromatic N) is 6. The van der Waals surface area contributed by atoms with Gasteiger partial charge in [-0.2, -0.15) is 13.2 Å². The van der Waals surface area contributed by atoms with E-state index in [9.17, 15) is 32.3 Å². The van der Waals surface area contributed by atoms with Crippen LogP contribution in [0.4, 0.5) is 30.2 Å². The van der Waals surface area contributed by atoms with E-state index in [1.807, 2.05) is 50.3 Å². The Kier molecular flexibility index (Phi) is 20.5. The van der Waals surface area contributed by atoms with E-state index >= 15 is 0 Å². The Labute approximate surface area is 506 Å². The molecule has 0 amide bonds. The topological polar surface area (TPSA) is 172 Å². The van der Waals surface area contributed by atoms with Crippen LogP contribution in [0.25, 0.3) is 6.08 Å². The molecular weight excluding hydrogens is 1160 g/mol. The maximum atomic E-state index is 13.0. The Bertz CT molecular complexity index is 3510. The van der Waals surface area contributed by atoms with Crippen molar-refractivity contribution in [3.05, 3.63) is 161 Å². The van der Waals surface area contributed by atoms with Gasteiger partial charge >= 0.3 is 6.18 Å². The van der Waals surface area contributed by atoms with Crippen LogP contribution in [0.5, 0.6) is 17.2 Å². The normalized spacial score (nSPS) is 17.6. The number of aryl methyl sites for hydroxylation is 3. The van der Waals surface area contributed by atoms with Gasteiger partial charge in [-0.1, -0.05) is 40.9 Å². The van der Waals surface area contributed by atoms with Crippen LogP contribution >= 0.6 is 34.8 Å². The lowest BCUT2D eigenvalue weighted by atomic mass is 9.96. The lowest BCUT2D eigenvalue weighted by Crippen LogP contribution is -2.36. The molecule has 3 fully saturated rings. The van der Waals surface area contributed by atoms with Crippen molar-refractivity contribution in [3.63, 3.8) is 0 Å². The molecule has 1 unspecified atom stereocenters. The molecule has 0 radical (unpaired) electrons. The average molecular weight is 1230 g/mol. The van der Waals surface area contributed by atoms with Gasteiger partial charge in [-0.25, -0.2) is 15.0 Å². The van der Waals surface area contributed by atoms with Crippen molar-refractivity contribution >= 4 is 81.6 Å². The highest BCUT2D eigenvalue weighted by Crippen LogP contribution is 2.42. The highest BCUT2D eigenvalue weighted by molar-refractivity contribution is 6.31. The van der Waals surface area contributed by atoms with E-state index in [2.05, 4.69) is 47.9 Å². The molecule has 0 bridgehead atoms. The Hall–Kier alpha value is -7.13. The number of fused-ring (bicyclic) bond motifs is 3. The van der Waals surface area contributed by atoms with Crippen LogP contribution in [0.3, 0.4) is 0 Å². The quantitative estimate of drug-likeness (QED) is 0.0720. The summed E-state index contributed by atoms with van der Waals surface area (Å²) in [4.78, 5) is 66.3. The van der Waals surface area contributed by atoms with E-state index < -0.39 is 17.3 Å². The van der Waals surface area contributed by atoms with Gasteiger partial charge in [0.25, 0.3) is 0 Å². The van der Waals surface area contributed by atoms with Gasteiger partial charge in [-0.15, -0.1) is 0 Å². The van der Waals surface area contributed by atoms with Crippen LogP contribution < -0.4 is 28.9 Å². The molecule has 448 valence electrons. The number of carbonyl (C=O) groups is 4. The summed E-state index contributed by atoms with van der Waals surface area (Å²) in [6, 6.07) is 16.8. The summed E-state index contributed by atoms with van der Waals surface area (Å²) >= 11 is 17.8. The van der Waals surface area contributed by atoms with Crippen molar-refractivity contribution in [3.8, 4) is 17.2 Å². The zero-order valence-electron chi connectivity index (χ0n) is 47.7. The third kappa shape index (κ3) is 14.8. The maximum absolute atomic E-state index is 13.0. The number of hydrogen-bond donors (Lipinski definition) is 0. The first kappa shape index (κ1) is 62.4. The highest BCUT2D eigenvalue weighted by Gasteiger charge is 2.36. The number of hydrogen-bond acceptors (Lipinski definition) is 16. The third-order valence-electron chi connectivity index (χ3n) is 15.4. The molecule has 12 rings (SSSR count). The minimum atomic E-state index is -4.58. The van der Waals surface area contributed by atoms with E-state index in [1.165, 1.54) is 0 Å². The predicted octanol–water partition coefficient (Wildman–Crippen LogP) is 11.4. The fourth-order valence-electron chi connectivity index (χ4n) is 11.1. The maximum Gasteiger partial charge on any atom is 0.418 e. The molecule has 0 spiro atoms. The van der Waals surface area contributed by atoms with Gasteiger partial charge in [0.15, 0.2) is 23.6 Å². The molecule has 3 aromatic carbocycles. The molecule has 6 aliphatic rings. The minimum Gasteiger partial charge on any atom is -0.495 e. The van der Waals surface area contributed by atoms with Crippen LogP contribution in [0.1, 0.15) is 92.4 Å². The molecule has 6 aromatic rings. The zero-order valence-corrected chi connectivity index (χ0v) is 50.0. The molecule has 85 heavy (non-hydrogen) atoms. The second-order valence-corrected chi connectivity index (χ2v) is 22.1. The van der Waals surface area contributed by atoms with E-state index in [1.54, 1.807) is 33.7 Å².